The Morgan fingerprint density at radius 1 is 1.67 bits per heavy atom. The van der Waals surface area contributed by atoms with Crippen molar-refractivity contribution in [3.05, 3.63) is 32.5 Å². The number of nitrogens with zero attached hydrogens (tertiary/aromatic N) is 2. The molecule has 7 nitrogen and oxygen atoms in total. The maximum absolute atomic E-state index is 10.5. The summed E-state index contributed by atoms with van der Waals surface area (Å²) in [5.74, 6) is -1.59. The van der Waals surface area contributed by atoms with E-state index in [4.69, 9.17) is 10.2 Å². The molecule has 15 heavy (non-hydrogen) atoms. The van der Waals surface area contributed by atoms with Crippen molar-refractivity contribution in [2.45, 2.75) is 6.10 Å². The Bertz CT molecular complexity index is 422. The number of carboxylic acid groups (broad SMARTS) is 1. The van der Waals surface area contributed by atoms with Crippen LogP contribution < -0.4 is 0 Å². The molecule has 0 aliphatic heterocycles. The maximum Gasteiger partial charge on any atom is 0.339 e. The van der Waals surface area contributed by atoms with Crippen LogP contribution in [0.5, 0.6) is 0 Å². The van der Waals surface area contributed by atoms with Crippen LogP contribution in [0.2, 0.25) is 0 Å². The minimum absolute atomic E-state index is 0.329. The molecule has 0 amide bonds. The van der Waals surface area contributed by atoms with Gasteiger partial charge in [-0.1, -0.05) is 0 Å². The summed E-state index contributed by atoms with van der Waals surface area (Å²) in [6.45, 7) is 0. The van der Waals surface area contributed by atoms with Crippen molar-refractivity contribution in [3.8, 4) is 0 Å². The Morgan fingerprint density at radius 2 is 2.27 bits per heavy atom. The van der Waals surface area contributed by atoms with E-state index in [2.05, 4.69) is 20.9 Å². The predicted octanol–water partition coefficient (Wildman–Crippen LogP) is 0.870. The molecule has 0 bridgehead atoms. The third-order valence-electron chi connectivity index (χ3n) is 1.55. The highest BCUT2D eigenvalue weighted by Crippen LogP contribution is 2.26. The molecule has 0 aliphatic rings. The van der Waals surface area contributed by atoms with E-state index in [1.807, 2.05) is 0 Å². The van der Waals surface area contributed by atoms with Gasteiger partial charge in [0.25, 0.3) is 5.69 Å². The fraction of sp³-hybridized carbons (Fsp3) is 0.143. The number of rotatable bonds is 3. The van der Waals surface area contributed by atoms with Crippen molar-refractivity contribution in [2.24, 2.45) is 0 Å². The van der Waals surface area contributed by atoms with E-state index >= 15 is 0 Å². The van der Waals surface area contributed by atoms with Crippen LogP contribution in [0.4, 0.5) is 5.69 Å². The first-order chi connectivity index (χ1) is 6.93. The van der Waals surface area contributed by atoms with E-state index in [1.165, 1.54) is 6.20 Å². The lowest BCUT2D eigenvalue weighted by Crippen LogP contribution is -2.14. The van der Waals surface area contributed by atoms with E-state index in [9.17, 15) is 14.9 Å². The first-order valence-electron chi connectivity index (χ1n) is 3.64. The highest BCUT2D eigenvalue weighted by molar-refractivity contribution is 9.10. The number of aliphatic carboxylic acids is 1. The molecule has 1 unspecified atom stereocenters. The molecule has 0 radical (unpaired) electrons. The molecule has 80 valence electrons. The van der Waals surface area contributed by atoms with Crippen LogP contribution in [-0.4, -0.2) is 26.1 Å². The molecule has 1 atom stereocenters. The van der Waals surface area contributed by atoms with Gasteiger partial charge in [0.1, 0.15) is 0 Å². The van der Waals surface area contributed by atoms with Crippen LogP contribution in [0, 0.1) is 10.1 Å². The fourth-order valence-corrected chi connectivity index (χ4v) is 1.23. The minimum atomic E-state index is -2.00. The number of hydrogen-bond acceptors (Lipinski definition) is 5. The second kappa shape index (κ2) is 4.32. The summed E-state index contributed by atoms with van der Waals surface area (Å²) in [5.41, 5.74) is -1.03. The van der Waals surface area contributed by atoms with E-state index in [0.29, 0.717) is 4.47 Å². The number of nitro groups is 1. The summed E-state index contributed by atoms with van der Waals surface area (Å²) in [4.78, 5) is 23.7. The van der Waals surface area contributed by atoms with Crippen molar-refractivity contribution in [1.29, 1.82) is 0 Å². The van der Waals surface area contributed by atoms with Gasteiger partial charge >= 0.3 is 5.97 Å². The predicted molar refractivity (Wildman–Crippen MR) is 51.2 cm³/mol. The molecule has 8 heteroatoms. The minimum Gasteiger partial charge on any atom is -0.479 e. The standard InChI is InChI=1S/C7H5BrN2O5/c8-3-1-4(10(14)15)5(9-2-3)6(11)7(12)13/h1-2,6,11H,(H,12,13). The van der Waals surface area contributed by atoms with Gasteiger partial charge in [0, 0.05) is 16.7 Å². The fourth-order valence-electron chi connectivity index (χ4n) is 0.913. The molecular weight excluding hydrogens is 272 g/mol. The van der Waals surface area contributed by atoms with Crippen molar-refractivity contribution in [2.75, 3.05) is 0 Å². The third kappa shape index (κ3) is 2.48. The highest BCUT2D eigenvalue weighted by atomic mass is 79.9. The zero-order valence-electron chi connectivity index (χ0n) is 7.12. The average Bonchev–Trinajstić information content (AvgIpc) is 2.16. The van der Waals surface area contributed by atoms with Crippen molar-refractivity contribution >= 4 is 27.6 Å². The second-order valence-corrected chi connectivity index (χ2v) is 3.47. The molecule has 1 aromatic heterocycles. The number of carboxylic acids is 1. The normalized spacial score (nSPS) is 12.1. The zero-order chi connectivity index (χ0) is 11.6. The van der Waals surface area contributed by atoms with Crippen LogP contribution in [0.3, 0.4) is 0 Å². The van der Waals surface area contributed by atoms with Gasteiger partial charge in [0.2, 0.25) is 6.10 Å². The maximum atomic E-state index is 10.5. The molecule has 0 aromatic carbocycles. The Morgan fingerprint density at radius 3 is 2.73 bits per heavy atom. The lowest BCUT2D eigenvalue weighted by atomic mass is 10.2. The van der Waals surface area contributed by atoms with Crippen molar-refractivity contribution < 1.29 is 19.9 Å². The van der Waals surface area contributed by atoms with Gasteiger partial charge in [0.15, 0.2) is 5.69 Å². The summed E-state index contributed by atoms with van der Waals surface area (Å²) < 4.78 is 0.329. The molecule has 0 spiro atoms. The molecule has 0 fully saturated rings. The summed E-state index contributed by atoms with van der Waals surface area (Å²) in [5, 5.41) is 28.2. The van der Waals surface area contributed by atoms with Crippen LogP contribution in [-0.2, 0) is 4.79 Å². The molecule has 2 N–H and O–H groups in total. The van der Waals surface area contributed by atoms with E-state index in [-0.39, 0.29) is 0 Å². The Labute approximate surface area is 91.7 Å². The number of aliphatic hydroxyl groups excluding tert-OH is 1. The largest absolute Gasteiger partial charge is 0.479 e. The number of pyridine rings is 1. The third-order valence-corrected chi connectivity index (χ3v) is 1.99. The molecular formula is C7H5BrN2O5. The monoisotopic (exact) mass is 276 g/mol. The van der Waals surface area contributed by atoms with Crippen LogP contribution in [0.15, 0.2) is 16.7 Å². The Hall–Kier alpha value is -1.54. The summed E-state index contributed by atoms with van der Waals surface area (Å²) >= 11 is 2.95. The van der Waals surface area contributed by atoms with Crippen molar-refractivity contribution in [1.82, 2.24) is 4.98 Å². The number of carbonyl (C=O) groups is 1. The SMILES string of the molecule is O=C(O)C(O)c1ncc(Br)cc1[N+](=O)[O-]. The molecule has 0 saturated heterocycles. The van der Waals surface area contributed by atoms with Crippen LogP contribution >= 0.6 is 15.9 Å². The zero-order valence-corrected chi connectivity index (χ0v) is 8.71. The summed E-state index contributed by atoms with van der Waals surface area (Å²) in [6, 6.07) is 1.08. The number of hydrogen-bond donors (Lipinski definition) is 2. The quantitative estimate of drug-likeness (QED) is 0.626. The van der Waals surface area contributed by atoms with Gasteiger partial charge < -0.3 is 10.2 Å². The van der Waals surface area contributed by atoms with Crippen LogP contribution in [0.1, 0.15) is 11.8 Å². The Kier molecular flexibility index (Phi) is 3.32. The first kappa shape index (κ1) is 11.5. The average molecular weight is 277 g/mol. The molecule has 0 saturated carbocycles. The molecule has 1 heterocycles. The number of aliphatic hydroxyl groups is 1. The lowest BCUT2D eigenvalue weighted by molar-refractivity contribution is -0.386. The first-order valence-corrected chi connectivity index (χ1v) is 4.43. The van der Waals surface area contributed by atoms with Gasteiger partial charge in [-0.15, -0.1) is 0 Å². The van der Waals surface area contributed by atoms with E-state index < -0.39 is 28.4 Å². The van der Waals surface area contributed by atoms with Gasteiger partial charge in [-0.05, 0) is 15.9 Å². The molecule has 0 aliphatic carbocycles. The van der Waals surface area contributed by atoms with Gasteiger partial charge in [0.05, 0.1) is 4.92 Å². The highest BCUT2D eigenvalue weighted by Gasteiger charge is 2.27. The smallest absolute Gasteiger partial charge is 0.339 e. The Balaban J connectivity index is 3.28. The molecule has 1 aromatic rings. The second-order valence-electron chi connectivity index (χ2n) is 2.56. The number of aromatic nitrogens is 1. The van der Waals surface area contributed by atoms with Gasteiger partial charge in [-0.2, -0.15) is 0 Å². The van der Waals surface area contributed by atoms with Crippen molar-refractivity contribution in [3.63, 3.8) is 0 Å². The molecule has 1 rings (SSSR count). The van der Waals surface area contributed by atoms with Crippen LogP contribution in [0.25, 0.3) is 0 Å². The summed E-state index contributed by atoms with van der Waals surface area (Å²) in [7, 11) is 0. The number of halogens is 1. The van der Waals surface area contributed by atoms with E-state index in [0.717, 1.165) is 6.07 Å². The topological polar surface area (TPSA) is 114 Å². The van der Waals surface area contributed by atoms with E-state index in [1.54, 1.807) is 0 Å². The summed E-state index contributed by atoms with van der Waals surface area (Å²) in [6.07, 6.45) is -0.826. The van der Waals surface area contributed by atoms with Gasteiger partial charge in [-0.3, -0.25) is 10.1 Å². The lowest BCUT2D eigenvalue weighted by Gasteiger charge is -2.05. The van der Waals surface area contributed by atoms with Gasteiger partial charge in [-0.25, -0.2) is 9.78 Å².